The van der Waals surface area contributed by atoms with Gasteiger partial charge in [0.05, 0.1) is 5.69 Å². The molecule has 2 heterocycles. The van der Waals surface area contributed by atoms with E-state index in [0.29, 0.717) is 17.3 Å². The maximum Gasteiger partial charge on any atom is 0.365 e. The molecule has 1 amide bonds. The van der Waals surface area contributed by atoms with Crippen LogP contribution in [0.2, 0.25) is 0 Å². The van der Waals surface area contributed by atoms with Crippen molar-refractivity contribution >= 4 is 22.9 Å². The van der Waals surface area contributed by atoms with E-state index in [9.17, 15) is 9.59 Å². The summed E-state index contributed by atoms with van der Waals surface area (Å²) in [6.07, 6.45) is 0.902. The average molecular weight is 341 g/mol. The number of nitrogens with one attached hydrogen (secondary N) is 2. The highest BCUT2D eigenvalue weighted by Gasteiger charge is 2.45. The third-order valence-electron chi connectivity index (χ3n) is 4.22. The second-order valence-corrected chi connectivity index (χ2v) is 6.82. The van der Waals surface area contributed by atoms with E-state index in [2.05, 4.69) is 39.2 Å². The zero-order chi connectivity index (χ0) is 16.7. The number of carbonyl (C=O) groups excluding carboxylic acids is 1. The molecule has 0 spiro atoms. The molecule has 0 saturated heterocycles. The fourth-order valence-electron chi connectivity index (χ4n) is 2.83. The first-order valence-corrected chi connectivity index (χ1v) is 8.47. The van der Waals surface area contributed by atoms with Gasteiger partial charge in [0.15, 0.2) is 0 Å². The summed E-state index contributed by atoms with van der Waals surface area (Å²) in [4.78, 5) is 25.2. The van der Waals surface area contributed by atoms with Crippen LogP contribution in [0, 0.1) is 12.8 Å². The normalized spacial score (nSPS) is 19.2. The molecule has 2 aromatic heterocycles. The molecule has 1 saturated carbocycles. The molecule has 0 bridgehead atoms. The summed E-state index contributed by atoms with van der Waals surface area (Å²) < 4.78 is 1.15. The number of anilines is 1. The Morgan fingerprint density at radius 1 is 1.33 bits per heavy atom. The maximum absolute atomic E-state index is 12.4. The number of rotatable bonds is 4. The first-order chi connectivity index (χ1) is 11.6. The number of thiophene rings is 1. The van der Waals surface area contributed by atoms with E-state index in [-0.39, 0.29) is 11.8 Å². The van der Waals surface area contributed by atoms with Crippen molar-refractivity contribution < 1.29 is 4.79 Å². The van der Waals surface area contributed by atoms with Gasteiger partial charge in [0.2, 0.25) is 5.91 Å². The van der Waals surface area contributed by atoms with Crippen LogP contribution in [0.25, 0.3) is 5.69 Å². The standard InChI is InChI=1S/C16H15N5O2S/c1-9-6-7-24-14(9)12-8-13(12)15(22)17-10-2-4-11(5-3-10)21-16(23)18-19-20-21/h2-7,12-13H,8H2,1H3,(H,17,22)(H,18,20,23)/t12-,13-/m0/s1. The van der Waals surface area contributed by atoms with Gasteiger partial charge < -0.3 is 5.32 Å². The van der Waals surface area contributed by atoms with Crippen LogP contribution >= 0.6 is 11.3 Å². The van der Waals surface area contributed by atoms with E-state index < -0.39 is 5.69 Å². The van der Waals surface area contributed by atoms with Gasteiger partial charge in [-0.2, -0.15) is 4.68 Å². The van der Waals surface area contributed by atoms with E-state index in [4.69, 9.17) is 0 Å². The zero-order valence-corrected chi connectivity index (χ0v) is 13.7. The molecule has 122 valence electrons. The smallest absolute Gasteiger partial charge is 0.326 e. The maximum atomic E-state index is 12.4. The van der Waals surface area contributed by atoms with Crippen molar-refractivity contribution in [1.82, 2.24) is 20.2 Å². The van der Waals surface area contributed by atoms with Gasteiger partial charge in [0.1, 0.15) is 0 Å². The van der Waals surface area contributed by atoms with Crippen LogP contribution < -0.4 is 11.0 Å². The number of nitrogens with zero attached hydrogens (tertiary/aromatic N) is 3. The molecule has 0 unspecified atom stereocenters. The highest BCUT2D eigenvalue weighted by molar-refractivity contribution is 7.10. The van der Waals surface area contributed by atoms with Gasteiger partial charge >= 0.3 is 5.69 Å². The molecule has 8 heteroatoms. The fraction of sp³-hybridized carbons (Fsp3) is 0.250. The van der Waals surface area contributed by atoms with Crippen LogP contribution in [0.3, 0.4) is 0 Å². The van der Waals surface area contributed by atoms with Gasteiger partial charge in [-0.15, -0.1) is 11.3 Å². The van der Waals surface area contributed by atoms with Gasteiger partial charge in [0.25, 0.3) is 0 Å². The van der Waals surface area contributed by atoms with Gasteiger partial charge in [-0.1, -0.05) is 0 Å². The van der Waals surface area contributed by atoms with Gasteiger partial charge in [-0.05, 0) is 65.0 Å². The minimum atomic E-state index is -0.404. The van der Waals surface area contributed by atoms with E-state index in [0.717, 1.165) is 11.1 Å². The van der Waals surface area contributed by atoms with E-state index in [1.165, 1.54) is 10.4 Å². The SMILES string of the molecule is Cc1ccsc1[C@H]1C[C@@H]1C(=O)Nc1ccc(-n2nn[nH]c2=O)cc1. The number of aryl methyl sites for hydroxylation is 1. The number of hydrogen-bond acceptors (Lipinski definition) is 5. The van der Waals surface area contributed by atoms with Crippen LogP contribution in [0.15, 0.2) is 40.5 Å². The lowest BCUT2D eigenvalue weighted by molar-refractivity contribution is -0.117. The summed E-state index contributed by atoms with van der Waals surface area (Å²) in [6, 6.07) is 9.03. The minimum absolute atomic E-state index is 0.0409. The Morgan fingerprint density at radius 2 is 2.12 bits per heavy atom. The summed E-state index contributed by atoms with van der Waals surface area (Å²) in [6.45, 7) is 2.09. The van der Waals surface area contributed by atoms with Gasteiger partial charge in [-0.25, -0.2) is 9.89 Å². The molecule has 1 fully saturated rings. The third-order valence-corrected chi connectivity index (χ3v) is 5.37. The third kappa shape index (κ3) is 2.65. The highest BCUT2D eigenvalue weighted by Crippen LogP contribution is 2.50. The van der Waals surface area contributed by atoms with E-state index in [1.54, 1.807) is 35.6 Å². The number of amides is 1. The first kappa shape index (κ1) is 14.8. The Labute approximate surface area is 141 Å². The Kier molecular flexibility index (Phi) is 3.53. The van der Waals surface area contributed by atoms with Gasteiger partial charge in [-0.3, -0.25) is 4.79 Å². The molecule has 0 aliphatic heterocycles. The lowest BCUT2D eigenvalue weighted by Crippen LogP contribution is -2.17. The number of benzene rings is 1. The molecular formula is C16H15N5O2S. The molecule has 1 aliphatic rings. The fourth-order valence-corrected chi connectivity index (χ4v) is 3.93. The van der Waals surface area contributed by atoms with Crippen molar-refractivity contribution in [2.75, 3.05) is 5.32 Å². The molecule has 24 heavy (non-hydrogen) atoms. The van der Waals surface area contributed by atoms with Crippen molar-refractivity contribution in [2.24, 2.45) is 5.92 Å². The molecule has 1 aliphatic carbocycles. The van der Waals surface area contributed by atoms with E-state index in [1.807, 2.05) is 0 Å². The predicted molar refractivity (Wildman–Crippen MR) is 90.5 cm³/mol. The van der Waals surface area contributed by atoms with Crippen molar-refractivity contribution in [3.63, 3.8) is 0 Å². The van der Waals surface area contributed by atoms with Crippen molar-refractivity contribution in [2.45, 2.75) is 19.3 Å². The molecule has 7 nitrogen and oxygen atoms in total. The number of tetrazole rings is 1. The lowest BCUT2D eigenvalue weighted by Gasteiger charge is -2.06. The summed E-state index contributed by atoms with van der Waals surface area (Å²) >= 11 is 1.72. The number of H-pyrrole nitrogens is 1. The van der Waals surface area contributed by atoms with Crippen LogP contribution in [0.1, 0.15) is 22.8 Å². The molecule has 2 N–H and O–H groups in total. The summed E-state index contributed by atoms with van der Waals surface area (Å²) in [5, 5.41) is 14.4. The zero-order valence-electron chi connectivity index (χ0n) is 12.9. The number of hydrogen-bond donors (Lipinski definition) is 2. The Morgan fingerprint density at radius 3 is 2.75 bits per heavy atom. The number of carbonyl (C=O) groups is 1. The lowest BCUT2D eigenvalue weighted by atomic mass is 10.2. The van der Waals surface area contributed by atoms with Crippen LogP contribution in [0.5, 0.6) is 0 Å². The Hall–Kier alpha value is -2.74. The second kappa shape index (κ2) is 5.72. The van der Waals surface area contributed by atoms with Crippen LogP contribution in [-0.4, -0.2) is 26.1 Å². The molecule has 2 atom stereocenters. The van der Waals surface area contributed by atoms with Crippen LogP contribution in [0.4, 0.5) is 5.69 Å². The summed E-state index contributed by atoms with van der Waals surface area (Å²) in [5.41, 5.74) is 2.15. The van der Waals surface area contributed by atoms with Crippen molar-refractivity contribution in [1.29, 1.82) is 0 Å². The summed E-state index contributed by atoms with van der Waals surface area (Å²) in [5.74, 6) is 0.428. The van der Waals surface area contributed by atoms with Crippen LogP contribution in [-0.2, 0) is 4.79 Å². The molecule has 1 aromatic carbocycles. The Balaban J connectivity index is 1.43. The largest absolute Gasteiger partial charge is 0.365 e. The number of aromatic amines is 1. The van der Waals surface area contributed by atoms with Crippen molar-refractivity contribution in [3.8, 4) is 5.69 Å². The average Bonchev–Trinajstić information content (AvgIpc) is 3.07. The minimum Gasteiger partial charge on any atom is -0.326 e. The monoisotopic (exact) mass is 341 g/mol. The first-order valence-electron chi connectivity index (χ1n) is 7.59. The quantitative estimate of drug-likeness (QED) is 0.760. The molecule has 4 rings (SSSR count). The highest BCUT2D eigenvalue weighted by atomic mass is 32.1. The second-order valence-electron chi connectivity index (χ2n) is 5.87. The molecule has 3 aromatic rings. The molecule has 0 radical (unpaired) electrons. The summed E-state index contributed by atoms with van der Waals surface area (Å²) in [7, 11) is 0. The van der Waals surface area contributed by atoms with Crippen molar-refractivity contribution in [3.05, 3.63) is 56.6 Å². The van der Waals surface area contributed by atoms with Gasteiger partial charge in [0, 0.05) is 22.4 Å². The number of aromatic nitrogens is 4. The van der Waals surface area contributed by atoms with E-state index >= 15 is 0 Å². The topological polar surface area (TPSA) is 92.7 Å². The Bertz CT molecular complexity index is 940. The molecular weight excluding hydrogens is 326 g/mol. The predicted octanol–water partition coefficient (Wildman–Crippen LogP) is 2.07.